The van der Waals surface area contributed by atoms with Crippen LogP contribution in [0.5, 0.6) is 0 Å². The van der Waals surface area contributed by atoms with Crippen molar-refractivity contribution in [3.63, 3.8) is 0 Å². The molecule has 0 aromatic heterocycles. The number of para-hydroxylation sites is 1. The molecule has 0 bridgehead atoms. The molecule has 1 atom stereocenters. The number of ketones is 1. The molecule has 1 aliphatic carbocycles. The van der Waals surface area contributed by atoms with Gasteiger partial charge in [-0.1, -0.05) is 32.0 Å². The molecule has 1 spiro atoms. The van der Waals surface area contributed by atoms with Gasteiger partial charge in [0.05, 0.1) is 5.57 Å². The van der Waals surface area contributed by atoms with E-state index in [2.05, 4.69) is 16.7 Å². The molecule has 6 nitrogen and oxygen atoms in total. The van der Waals surface area contributed by atoms with Crippen molar-refractivity contribution in [2.24, 2.45) is 11.1 Å². The van der Waals surface area contributed by atoms with E-state index in [1.54, 1.807) is 24.3 Å². The van der Waals surface area contributed by atoms with Crippen LogP contribution in [-0.4, -0.2) is 11.7 Å². The fraction of sp³-hybridized carbons (Fsp3) is 0.316. The largest absolute Gasteiger partial charge is 0.384 e. The molecule has 2 heterocycles. The lowest BCUT2D eigenvalue weighted by molar-refractivity contribution is -0.123. The highest BCUT2D eigenvalue weighted by atomic mass is 16.2. The number of Topliss-reactive ketones (excluding diaryl/α,β-unsaturated/α-hetero) is 1. The van der Waals surface area contributed by atoms with Gasteiger partial charge < -0.3 is 16.4 Å². The van der Waals surface area contributed by atoms with E-state index in [-0.39, 0.29) is 22.6 Å². The van der Waals surface area contributed by atoms with E-state index < -0.39 is 11.3 Å². The third-order valence-electron chi connectivity index (χ3n) is 5.21. The monoisotopic (exact) mass is 334 g/mol. The van der Waals surface area contributed by atoms with Gasteiger partial charge in [0.1, 0.15) is 17.3 Å². The predicted octanol–water partition coefficient (Wildman–Crippen LogP) is 1.82. The molecule has 25 heavy (non-hydrogen) atoms. The SMILES string of the molecule is CC1(C)CC(=O)C2=C(C1)NC(N)=C(C#N)C21C(=O)Nc2ccccc21. The first-order valence-electron chi connectivity index (χ1n) is 8.16. The van der Waals surface area contributed by atoms with E-state index in [0.29, 0.717) is 35.4 Å². The van der Waals surface area contributed by atoms with E-state index in [1.165, 1.54) is 0 Å². The van der Waals surface area contributed by atoms with Crippen LogP contribution in [-0.2, 0) is 15.0 Å². The minimum atomic E-state index is -1.45. The minimum Gasteiger partial charge on any atom is -0.384 e. The number of allylic oxidation sites excluding steroid dienone is 1. The summed E-state index contributed by atoms with van der Waals surface area (Å²) >= 11 is 0. The maximum atomic E-state index is 13.1. The van der Waals surface area contributed by atoms with Crippen molar-refractivity contribution in [1.82, 2.24) is 5.32 Å². The minimum absolute atomic E-state index is 0.0850. The Hall–Kier alpha value is -3.07. The summed E-state index contributed by atoms with van der Waals surface area (Å²) in [6.07, 6.45) is 0.911. The molecule has 1 amide bonds. The number of hydrogen-bond acceptors (Lipinski definition) is 5. The van der Waals surface area contributed by atoms with Crippen molar-refractivity contribution in [2.75, 3.05) is 5.32 Å². The van der Waals surface area contributed by atoms with E-state index in [4.69, 9.17) is 5.73 Å². The average Bonchev–Trinajstić information content (AvgIpc) is 2.79. The zero-order valence-electron chi connectivity index (χ0n) is 14.1. The molecule has 6 heteroatoms. The molecule has 0 saturated heterocycles. The molecule has 1 aromatic rings. The van der Waals surface area contributed by atoms with Crippen LogP contribution in [0.1, 0.15) is 32.3 Å². The number of amides is 1. The van der Waals surface area contributed by atoms with Crippen molar-refractivity contribution in [1.29, 1.82) is 5.26 Å². The first-order chi connectivity index (χ1) is 11.8. The summed E-state index contributed by atoms with van der Waals surface area (Å²) in [4.78, 5) is 26.2. The van der Waals surface area contributed by atoms with Crippen LogP contribution in [0.3, 0.4) is 0 Å². The summed E-state index contributed by atoms with van der Waals surface area (Å²) < 4.78 is 0. The highest BCUT2D eigenvalue weighted by Crippen LogP contribution is 2.54. The molecular formula is C19H18N4O2. The number of benzene rings is 1. The molecule has 4 rings (SSSR count). The number of rotatable bonds is 0. The normalized spacial score (nSPS) is 26.8. The number of dihydropyridines is 1. The highest BCUT2D eigenvalue weighted by Gasteiger charge is 2.59. The molecule has 3 aliphatic rings. The van der Waals surface area contributed by atoms with Gasteiger partial charge >= 0.3 is 0 Å². The zero-order valence-corrected chi connectivity index (χ0v) is 14.1. The molecule has 126 valence electrons. The van der Waals surface area contributed by atoms with E-state index in [9.17, 15) is 14.9 Å². The average molecular weight is 334 g/mol. The van der Waals surface area contributed by atoms with Gasteiger partial charge in [-0.05, 0) is 17.9 Å². The smallest absolute Gasteiger partial charge is 0.245 e. The fourth-order valence-corrected chi connectivity index (χ4v) is 4.31. The molecule has 1 aromatic carbocycles. The molecular weight excluding hydrogens is 316 g/mol. The topological polar surface area (TPSA) is 108 Å². The number of hydrogen-bond donors (Lipinski definition) is 3. The zero-order chi connectivity index (χ0) is 18.0. The molecule has 1 unspecified atom stereocenters. The van der Waals surface area contributed by atoms with E-state index in [1.807, 2.05) is 13.8 Å². The maximum Gasteiger partial charge on any atom is 0.245 e. The van der Waals surface area contributed by atoms with Crippen molar-refractivity contribution in [2.45, 2.75) is 32.1 Å². The van der Waals surface area contributed by atoms with Gasteiger partial charge in [0, 0.05) is 28.9 Å². The lowest BCUT2D eigenvalue weighted by atomic mass is 9.61. The summed E-state index contributed by atoms with van der Waals surface area (Å²) in [5.74, 6) is -0.375. The van der Waals surface area contributed by atoms with Gasteiger partial charge in [0.2, 0.25) is 5.91 Å². The summed E-state index contributed by atoms with van der Waals surface area (Å²) in [5.41, 5.74) is 6.75. The maximum absolute atomic E-state index is 13.1. The van der Waals surface area contributed by atoms with Crippen molar-refractivity contribution < 1.29 is 9.59 Å². The Labute approximate surface area is 145 Å². The number of nitrogens with one attached hydrogen (secondary N) is 2. The third kappa shape index (κ3) is 1.84. The number of carbonyl (C=O) groups excluding carboxylic acids is 2. The molecule has 0 radical (unpaired) electrons. The van der Waals surface area contributed by atoms with E-state index in [0.717, 1.165) is 0 Å². The molecule has 4 N–H and O–H groups in total. The van der Waals surface area contributed by atoms with Crippen LogP contribution in [0, 0.1) is 16.7 Å². The Morgan fingerprint density at radius 3 is 2.60 bits per heavy atom. The number of nitrogens with zero attached hydrogens (tertiary/aromatic N) is 1. The highest BCUT2D eigenvalue weighted by molar-refractivity contribution is 6.19. The number of fused-ring (bicyclic) bond motifs is 3. The van der Waals surface area contributed by atoms with Crippen LogP contribution >= 0.6 is 0 Å². The van der Waals surface area contributed by atoms with Gasteiger partial charge in [0.25, 0.3) is 0 Å². The van der Waals surface area contributed by atoms with Gasteiger partial charge in [-0.2, -0.15) is 5.26 Å². The molecule has 0 fully saturated rings. The summed E-state index contributed by atoms with van der Waals surface area (Å²) in [6.45, 7) is 4.01. The van der Waals surface area contributed by atoms with Gasteiger partial charge in [-0.3, -0.25) is 9.59 Å². The summed E-state index contributed by atoms with van der Waals surface area (Å²) in [5, 5.41) is 15.6. The second-order valence-electron chi connectivity index (χ2n) is 7.57. The number of nitriles is 1. The predicted molar refractivity (Wildman–Crippen MR) is 91.8 cm³/mol. The van der Waals surface area contributed by atoms with Crippen LogP contribution in [0.4, 0.5) is 5.69 Å². The number of nitrogens with two attached hydrogens (primary N) is 1. The van der Waals surface area contributed by atoms with Crippen LogP contribution in [0.25, 0.3) is 0 Å². The third-order valence-corrected chi connectivity index (χ3v) is 5.21. The second-order valence-corrected chi connectivity index (χ2v) is 7.57. The van der Waals surface area contributed by atoms with Crippen LogP contribution in [0.15, 0.2) is 46.9 Å². The van der Waals surface area contributed by atoms with E-state index >= 15 is 0 Å². The van der Waals surface area contributed by atoms with Gasteiger partial charge in [-0.25, -0.2) is 0 Å². The summed E-state index contributed by atoms with van der Waals surface area (Å²) in [7, 11) is 0. The van der Waals surface area contributed by atoms with Gasteiger partial charge in [-0.15, -0.1) is 0 Å². The lowest BCUT2D eigenvalue weighted by Gasteiger charge is -2.42. The Morgan fingerprint density at radius 1 is 1.16 bits per heavy atom. The molecule has 0 saturated carbocycles. The van der Waals surface area contributed by atoms with Crippen molar-refractivity contribution in [3.05, 3.63) is 52.5 Å². The first-order valence-corrected chi connectivity index (χ1v) is 8.16. The van der Waals surface area contributed by atoms with Crippen LogP contribution in [0.2, 0.25) is 0 Å². The second kappa shape index (κ2) is 4.73. The van der Waals surface area contributed by atoms with Crippen LogP contribution < -0.4 is 16.4 Å². The van der Waals surface area contributed by atoms with Gasteiger partial charge in [0.15, 0.2) is 5.78 Å². The van der Waals surface area contributed by atoms with Crippen molar-refractivity contribution in [3.8, 4) is 6.07 Å². The molecule has 2 aliphatic heterocycles. The Kier molecular flexibility index (Phi) is 2.92. The Balaban J connectivity index is 2.09. The fourth-order valence-electron chi connectivity index (χ4n) is 4.31. The standard InChI is InChI=1S/C19H18N4O2/c1-18(2)7-13-15(14(24)8-18)19(11(9-20)16(21)22-13)10-5-3-4-6-12(10)23-17(19)25/h3-6,22H,7-8,21H2,1-2H3,(H,23,25). The Bertz CT molecular complexity index is 948. The van der Waals surface area contributed by atoms with Crippen molar-refractivity contribution >= 4 is 17.4 Å². The summed E-state index contributed by atoms with van der Waals surface area (Å²) in [6, 6.07) is 9.23. The lowest BCUT2D eigenvalue weighted by Crippen LogP contribution is -2.51. The number of anilines is 1. The number of carbonyl (C=O) groups is 2. The Morgan fingerprint density at radius 2 is 1.88 bits per heavy atom. The quantitative estimate of drug-likeness (QED) is 0.671. The first kappa shape index (κ1) is 15.5.